The van der Waals surface area contributed by atoms with Crippen molar-refractivity contribution in [2.24, 2.45) is 0 Å². The van der Waals surface area contributed by atoms with Gasteiger partial charge in [-0.15, -0.1) is 0 Å². The maximum atomic E-state index is 12.9. The monoisotopic (exact) mass is 283 g/mol. The van der Waals surface area contributed by atoms with Crippen LogP contribution in [0.25, 0.3) is 0 Å². The fourth-order valence-electron chi connectivity index (χ4n) is 1.57. The Morgan fingerprint density at radius 2 is 2.11 bits per heavy atom. The van der Waals surface area contributed by atoms with Gasteiger partial charge >= 0.3 is 5.97 Å². The van der Waals surface area contributed by atoms with E-state index in [0.29, 0.717) is 18.8 Å². The van der Waals surface area contributed by atoms with E-state index < -0.39 is 11.8 Å². The van der Waals surface area contributed by atoms with Gasteiger partial charge in [0.15, 0.2) is 0 Å². The molecule has 0 bridgehead atoms. The van der Waals surface area contributed by atoms with Crippen molar-refractivity contribution in [1.29, 1.82) is 0 Å². The first-order chi connectivity index (χ1) is 9.06. The maximum Gasteiger partial charge on any atom is 0.371 e. The molecule has 1 aromatic heterocycles. The molecule has 4 nitrogen and oxygen atoms in total. The van der Waals surface area contributed by atoms with Gasteiger partial charge in [0.25, 0.3) is 0 Å². The van der Waals surface area contributed by atoms with E-state index in [2.05, 4.69) is 5.32 Å². The number of carboxylic acids is 1. The summed E-state index contributed by atoms with van der Waals surface area (Å²) in [6.07, 6.45) is 0. The summed E-state index contributed by atoms with van der Waals surface area (Å²) in [4.78, 5) is 10.6. The van der Waals surface area contributed by atoms with Gasteiger partial charge in [0.2, 0.25) is 5.76 Å². The molecule has 0 aliphatic carbocycles. The SMILES string of the molecule is O=C(O)c1ccc(CNCc2ccc(F)c(Cl)c2)o1. The Hall–Kier alpha value is -1.85. The third-order valence-corrected chi connectivity index (χ3v) is 2.77. The molecular weight excluding hydrogens is 273 g/mol. The first-order valence-electron chi connectivity index (χ1n) is 5.53. The molecule has 0 atom stereocenters. The van der Waals surface area contributed by atoms with Gasteiger partial charge in [-0.2, -0.15) is 0 Å². The molecule has 2 aromatic rings. The van der Waals surface area contributed by atoms with Crippen LogP contribution in [-0.2, 0) is 13.1 Å². The second-order valence-corrected chi connectivity index (χ2v) is 4.33. The highest BCUT2D eigenvalue weighted by molar-refractivity contribution is 6.30. The smallest absolute Gasteiger partial charge is 0.371 e. The largest absolute Gasteiger partial charge is 0.475 e. The topological polar surface area (TPSA) is 62.5 Å². The maximum absolute atomic E-state index is 12.9. The van der Waals surface area contributed by atoms with Crippen molar-refractivity contribution in [2.75, 3.05) is 0 Å². The Kier molecular flexibility index (Phi) is 4.19. The van der Waals surface area contributed by atoms with E-state index >= 15 is 0 Å². The lowest BCUT2D eigenvalue weighted by molar-refractivity contribution is 0.0660. The lowest BCUT2D eigenvalue weighted by Crippen LogP contribution is -2.12. The number of nitrogens with one attached hydrogen (secondary N) is 1. The van der Waals surface area contributed by atoms with Crippen molar-refractivity contribution < 1.29 is 18.7 Å². The number of hydrogen-bond acceptors (Lipinski definition) is 3. The zero-order chi connectivity index (χ0) is 13.8. The molecule has 0 amide bonds. The Bertz CT molecular complexity index is 597. The highest BCUT2D eigenvalue weighted by Gasteiger charge is 2.08. The average Bonchev–Trinajstić information content (AvgIpc) is 2.83. The fraction of sp³-hybridized carbons (Fsp3) is 0.154. The lowest BCUT2D eigenvalue weighted by Gasteiger charge is -2.04. The molecular formula is C13H11ClFNO3. The average molecular weight is 284 g/mol. The van der Waals surface area contributed by atoms with Crippen molar-refractivity contribution in [3.05, 3.63) is 58.3 Å². The molecule has 1 aromatic carbocycles. The third-order valence-electron chi connectivity index (χ3n) is 2.48. The Balaban J connectivity index is 1.88. The van der Waals surface area contributed by atoms with Crippen LogP contribution in [0.3, 0.4) is 0 Å². The standard InChI is InChI=1S/C13H11ClFNO3/c14-10-5-8(1-3-11(10)15)6-16-7-9-2-4-12(19-9)13(17)18/h1-5,16H,6-7H2,(H,17,18). The number of benzene rings is 1. The van der Waals surface area contributed by atoms with Gasteiger partial charge in [0, 0.05) is 6.54 Å². The van der Waals surface area contributed by atoms with Crippen LogP contribution in [0.2, 0.25) is 5.02 Å². The van der Waals surface area contributed by atoms with Gasteiger partial charge in [-0.3, -0.25) is 0 Å². The molecule has 0 radical (unpaired) electrons. The van der Waals surface area contributed by atoms with E-state index in [-0.39, 0.29) is 10.8 Å². The summed E-state index contributed by atoms with van der Waals surface area (Å²) < 4.78 is 18.0. The molecule has 2 rings (SSSR count). The zero-order valence-corrected chi connectivity index (χ0v) is 10.6. The predicted molar refractivity (Wildman–Crippen MR) is 67.6 cm³/mol. The van der Waals surface area contributed by atoms with E-state index in [9.17, 15) is 9.18 Å². The molecule has 100 valence electrons. The summed E-state index contributed by atoms with van der Waals surface area (Å²) in [5.74, 6) is -1.13. The van der Waals surface area contributed by atoms with Gasteiger partial charge in [-0.05, 0) is 29.8 Å². The molecule has 0 fully saturated rings. The summed E-state index contributed by atoms with van der Waals surface area (Å²) in [6.45, 7) is 0.853. The summed E-state index contributed by atoms with van der Waals surface area (Å²) >= 11 is 5.66. The van der Waals surface area contributed by atoms with Crippen molar-refractivity contribution in [3.8, 4) is 0 Å². The summed E-state index contributed by atoms with van der Waals surface area (Å²) in [7, 11) is 0. The minimum absolute atomic E-state index is 0.0745. The van der Waals surface area contributed by atoms with Crippen molar-refractivity contribution >= 4 is 17.6 Å². The second kappa shape index (κ2) is 5.86. The first kappa shape index (κ1) is 13.6. The molecule has 0 saturated heterocycles. The summed E-state index contributed by atoms with van der Waals surface area (Å²) in [6, 6.07) is 7.45. The van der Waals surface area contributed by atoms with E-state index in [4.69, 9.17) is 21.1 Å². The molecule has 0 aliphatic heterocycles. The number of halogens is 2. The second-order valence-electron chi connectivity index (χ2n) is 3.92. The zero-order valence-electron chi connectivity index (χ0n) is 9.82. The van der Waals surface area contributed by atoms with E-state index in [1.54, 1.807) is 12.1 Å². The number of furan rings is 1. The molecule has 2 N–H and O–H groups in total. The minimum Gasteiger partial charge on any atom is -0.475 e. The number of carboxylic acid groups (broad SMARTS) is 1. The van der Waals surface area contributed by atoms with Crippen molar-refractivity contribution in [3.63, 3.8) is 0 Å². The summed E-state index contributed by atoms with van der Waals surface area (Å²) in [5.41, 5.74) is 0.830. The van der Waals surface area contributed by atoms with Crippen LogP contribution < -0.4 is 5.32 Å². The van der Waals surface area contributed by atoms with Crippen LogP contribution in [-0.4, -0.2) is 11.1 Å². The Labute approximate surface area is 113 Å². The van der Waals surface area contributed by atoms with Crippen LogP contribution in [0.1, 0.15) is 21.9 Å². The molecule has 6 heteroatoms. The normalized spacial score (nSPS) is 10.6. The number of hydrogen-bond donors (Lipinski definition) is 2. The highest BCUT2D eigenvalue weighted by Crippen LogP contribution is 2.16. The minimum atomic E-state index is -1.10. The van der Waals surface area contributed by atoms with Gasteiger partial charge < -0.3 is 14.8 Å². The first-order valence-corrected chi connectivity index (χ1v) is 5.90. The fourth-order valence-corrected chi connectivity index (χ4v) is 1.77. The van der Waals surface area contributed by atoms with E-state index in [1.807, 2.05) is 0 Å². The predicted octanol–water partition coefficient (Wildman–Crippen LogP) is 3.06. The number of rotatable bonds is 5. The Morgan fingerprint density at radius 3 is 2.74 bits per heavy atom. The molecule has 0 aliphatic rings. The third kappa shape index (κ3) is 3.56. The summed E-state index contributed by atoms with van der Waals surface area (Å²) in [5, 5.41) is 11.8. The van der Waals surface area contributed by atoms with Crippen LogP contribution in [0.15, 0.2) is 34.7 Å². The van der Waals surface area contributed by atoms with Gasteiger partial charge in [-0.1, -0.05) is 17.7 Å². The van der Waals surface area contributed by atoms with Gasteiger partial charge in [-0.25, -0.2) is 9.18 Å². The molecule has 1 heterocycles. The Morgan fingerprint density at radius 1 is 1.32 bits per heavy atom. The molecule has 0 spiro atoms. The van der Waals surface area contributed by atoms with Crippen LogP contribution in [0.4, 0.5) is 4.39 Å². The van der Waals surface area contributed by atoms with E-state index in [0.717, 1.165) is 5.56 Å². The quantitative estimate of drug-likeness (QED) is 0.885. The number of carbonyl (C=O) groups is 1. The lowest BCUT2D eigenvalue weighted by atomic mass is 10.2. The van der Waals surface area contributed by atoms with Gasteiger partial charge in [0.05, 0.1) is 11.6 Å². The molecule has 0 saturated carbocycles. The van der Waals surface area contributed by atoms with Crippen molar-refractivity contribution in [2.45, 2.75) is 13.1 Å². The van der Waals surface area contributed by atoms with E-state index in [1.165, 1.54) is 18.2 Å². The number of aromatic carboxylic acids is 1. The van der Waals surface area contributed by atoms with Gasteiger partial charge in [0.1, 0.15) is 11.6 Å². The van der Waals surface area contributed by atoms with Crippen LogP contribution >= 0.6 is 11.6 Å². The van der Waals surface area contributed by atoms with Crippen LogP contribution in [0.5, 0.6) is 0 Å². The van der Waals surface area contributed by atoms with Crippen molar-refractivity contribution in [1.82, 2.24) is 5.32 Å². The molecule has 19 heavy (non-hydrogen) atoms. The van der Waals surface area contributed by atoms with Crippen LogP contribution in [0, 0.1) is 5.82 Å². The molecule has 0 unspecified atom stereocenters. The highest BCUT2D eigenvalue weighted by atomic mass is 35.5.